The third-order valence-electron chi connectivity index (χ3n) is 2.13. The molecule has 0 amide bonds. The monoisotopic (exact) mass is 223 g/mol. The Balaban J connectivity index is 3.52. The van der Waals surface area contributed by atoms with Gasteiger partial charge in [0.05, 0.1) is 28.9 Å². The molecule has 0 radical (unpaired) electrons. The smallest absolute Gasteiger partial charge is 0.338 e. The Morgan fingerprint density at radius 1 is 1.67 bits per heavy atom. The summed E-state index contributed by atoms with van der Waals surface area (Å²) in [6.07, 6.45) is 5.29. The number of terminal acetylenes is 1. The van der Waals surface area contributed by atoms with Gasteiger partial charge in [-0.1, -0.05) is 17.5 Å². The minimum absolute atomic E-state index is 0.258. The van der Waals surface area contributed by atoms with E-state index in [-0.39, 0.29) is 5.02 Å². The fraction of sp³-hybridized carbons (Fsp3) is 0.182. The topological polar surface area (TPSA) is 52.3 Å². The van der Waals surface area contributed by atoms with Gasteiger partial charge in [-0.3, -0.25) is 0 Å². The van der Waals surface area contributed by atoms with Gasteiger partial charge in [0.1, 0.15) is 0 Å². The van der Waals surface area contributed by atoms with Crippen LogP contribution < -0.4 is 5.73 Å². The van der Waals surface area contributed by atoms with Crippen molar-refractivity contribution in [2.45, 2.75) is 6.92 Å². The van der Waals surface area contributed by atoms with Gasteiger partial charge < -0.3 is 10.5 Å². The Bertz CT molecular complexity index is 461. The second-order valence-corrected chi connectivity index (χ2v) is 3.36. The van der Waals surface area contributed by atoms with Crippen LogP contribution in [0.1, 0.15) is 21.5 Å². The van der Waals surface area contributed by atoms with E-state index in [0.717, 1.165) is 0 Å². The maximum atomic E-state index is 11.4. The van der Waals surface area contributed by atoms with Crippen molar-refractivity contribution in [2.24, 2.45) is 0 Å². The number of methoxy groups -OCH3 is 1. The van der Waals surface area contributed by atoms with Crippen LogP contribution >= 0.6 is 11.6 Å². The van der Waals surface area contributed by atoms with Crippen molar-refractivity contribution >= 4 is 23.3 Å². The lowest BCUT2D eigenvalue weighted by molar-refractivity contribution is 0.0600. The van der Waals surface area contributed by atoms with Crippen molar-refractivity contribution in [3.8, 4) is 12.3 Å². The Hall–Kier alpha value is -1.66. The highest BCUT2D eigenvalue weighted by Gasteiger charge is 2.16. The fourth-order valence-corrected chi connectivity index (χ4v) is 1.48. The molecule has 4 heteroatoms. The Labute approximate surface area is 93.2 Å². The molecule has 0 heterocycles. The minimum Gasteiger partial charge on any atom is -0.465 e. The van der Waals surface area contributed by atoms with E-state index < -0.39 is 5.97 Å². The molecular formula is C11H10ClNO2. The number of benzene rings is 1. The van der Waals surface area contributed by atoms with E-state index in [1.165, 1.54) is 13.2 Å². The van der Waals surface area contributed by atoms with Gasteiger partial charge in [-0.25, -0.2) is 4.79 Å². The lowest BCUT2D eigenvalue weighted by Crippen LogP contribution is -2.07. The highest BCUT2D eigenvalue weighted by atomic mass is 35.5. The maximum Gasteiger partial charge on any atom is 0.338 e. The fourth-order valence-electron chi connectivity index (χ4n) is 1.28. The lowest BCUT2D eigenvalue weighted by atomic mass is 10.0. The summed E-state index contributed by atoms with van der Waals surface area (Å²) in [6, 6.07) is 1.46. The molecule has 0 spiro atoms. The molecule has 3 nitrogen and oxygen atoms in total. The van der Waals surface area contributed by atoms with Crippen LogP contribution in [0.3, 0.4) is 0 Å². The van der Waals surface area contributed by atoms with E-state index in [2.05, 4.69) is 10.7 Å². The van der Waals surface area contributed by atoms with Crippen molar-refractivity contribution in [1.29, 1.82) is 0 Å². The average molecular weight is 224 g/mol. The zero-order chi connectivity index (χ0) is 11.6. The lowest BCUT2D eigenvalue weighted by Gasteiger charge is -2.10. The summed E-state index contributed by atoms with van der Waals surface area (Å²) in [5.74, 6) is 1.93. The Morgan fingerprint density at radius 3 is 2.73 bits per heavy atom. The van der Waals surface area contributed by atoms with Crippen molar-refractivity contribution in [1.82, 2.24) is 0 Å². The summed E-state index contributed by atoms with van der Waals surface area (Å²) in [4.78, 5) is 11.4. The Kier molecular flexibility index (Phi) is 3.23. The summed E-state index contributed by atoms with van der Waals surface area (Å²) < 4.78 is 4.60. The number of esters is 1. The summed E-state index contributed by atoms with van der Waals surface area (Å²) in [6.45, 7) is 1.70. The van der Waals surface area contributed by atoms with E-state index in [9.17, 15) is 4.79 Å². The van der Waals surface area contributed by atoms with Crippen LogP contribution in [-0.2, 0) is 4.74 Å². The number of carbonyl (C=O) groups excluding carboxylic acids is 1. The van der Waals surface area contributed by atoms with Crippen LogP contribution in [0.4, 0.5) is 5.69 Å². The van der Waals surface area contributed by atoms with Gasteiger partial charge in [0.25, 0.3) is 0 Å². The van der Waals surface area contributed by atoms with E-state index in [1.54, 1.807) is 6.92 Å². The van der Waals surface area contributed by atoms with E-state index >= 15 is 0 Å². The van der Waals surface area contributed by atoms with Gasteiger partial charge in [0.15, 0.2) is 0 Å². The number of rotatable bonds is 1. The number of hydrogen-bond acceptors (Lipinski definition) is 3. The number of hydrogen-bond donors (Lipinski definition) is 1. The number of nitrogen functional groups attached to an aromatic ring is 1. The number of halogens is 1. The standard InChI is InChI=1S/C11H10ClNO2/c1-4-7-6(2)8(11(14)15-3)5-9(12)10(7)13/h1,5H,13H2,2-3H3. The molecule has 0 saturated carbocycles. The minimum atomic E-state index is -0.481. The molecule has 0 aliphatic rings. The first-order chi connectivity index (χ1) is 7.02. The number of ether oxygens (including phenoxy) is 1. The van der Waals surface area contributed by atoms with Crippen molar-refractivity contribution in [3.05, 3.63) is 27.8 Å². The predicted molar refractivity (Wildman–Crippen MR) is 59.9 cm³/mol. The van der Waals surface area contributed by atoms with E-state index in [0.29, 0.717) is 22.4 Å². The number of carbonyl (C=O) groups is 1. The molecule has 0 bridgehead atoms. The maximum absolute atomic E-state index is 11.4. The van der Waals surface area contributed by atoms with Crippen molar-refractivity contribution in [3.63, 3.8) is 0 Å². The van der Waals surface area contributed by atoms with Crippen LogP contribution in [0.15, 0.2) is 6.07 Å². The molecule has 78 valence electrons. The van der Waals surface area contributed by atoms with E-state index in [4.69, 9.17) is 23.8 Å². The van der Waals surface area contributed by atoms with Crippen LogP contribution in [0.5, 0.6) is 0 Å². The summed E-state index contributed by atoms with van der Waals surface area (Å²) >= 11 is 5.84. The normalized spacial score (nSPS) is 9.47. The number of anilines is 1. The first-order valence-electron chi connectivity index (χ1n) is 4.16. The molecule has 0 aliphatic heterocycles. The first kappa shape index (κ1) is 11.4. The summed E-state index contributed by atoms with van der Waals surface area (Å²) in [7, 11) is 1.29. The SMILES string of the molecule is C#Cc1c(C)c(C(=O)OC)cc(Cl)c1N. The molecule has 1 aromatic carbocycles. The highest BCUT2D eigenvalue weighted by molar-refractivity contribution is 6.33. The van der Waals surface area contributed by atoms with Gasteiger partial charge in [0.2, 0.25) is 0 Å². The second kappa shape index (κ2) is 4.24. The van der Waals surface area contributed by atoms with Crippen LogP contribution in [0.25, 0.3) is 0 Å². The van der Waals surface area contributed by atoms with Gasteiger partial charge in [0, 0.05) is 0 Å². The molecule has 15 heavy (non-hydrogen) atoms. The quantitative estimate of drug-likeness (QED) is 0.450. The molecule has 2 N–H and O–H groups in total. The first-order valence-corrected chi connectivity index (χ1v) is 4.54. The molecule has 1 aromatic rings. The zero-order valence-electron chi connectivity index (χ0n) is 8.43. The number of nitrogens with two attached hydrogens (primary N) is 1. The predicted octanol–water partition coefficient (Wildman–Crippen LogP) is 2.00. The molecule has 1 rings (SSSR count). The van der Waals surface area contributed by atoms with Crippen molar-refractivity contribution in [2.75, 3.05) is 12.8 Å². The van der Waals surface area contributed by atoms with Crippen molar-refractivity contribution < 1.29 is 9.53 Å². The van der Waals surface area contributed by atoms with Gasteiger partial charge in [-0.15, -0.1) is 6.42 Å². The highest BCUT2D eigenvalue weighted by Crippen LogP contribution is 2.28. The van der Waals surface area contributed by atoms with Gasteiger partial charge >= 0.3 is 5.97 Å². The molecule has 0 fully saturated rings. The second-order valence-electron chi connectivity index (χ2n) is 2.96. The molecule has 0 unspecified atom stereocenters. The van der Waals surface area contributed by atoms with Crippen LogP contribution in [0, 0.1) is 19.3 Å². The molecular weight excluding hydrogens is 214 g/mol. The summed E-state index contributed by atoms with van der Waals surface area (Å²) in [5, 5.41) is 0.258. The Morgan fingerprint density at radius 2 is 2.27 bits per heavy atom. The summed E-state index contributed by atoms with van der Waals surface area (Å²) in [5.41, 5.74) is 7.36. The zero-order valence-corrected chi connectivity index (χ0v) is 9.18. The van der Waals surface area contributed by atoms with E-state index in [1.807, 2.05) is 0 Å². The van der Waals surface area contributed by atoms with Gasteiger partial charge in [-0.2, -0.15) is 0 Å². The molecule has 0 aliphatic carbocycles. The molecule has 0 atom stereocenters. The van der Waals surface area contributed by atoms with Crippen LogP contribution in [0.2, 0.25) is 5.02 Å². The molecule has 0 saturated heterocycles. The van der Waals surface area contributed by atoms with Gasteiger partial charge in [-0.05, 0) is 18.6 Å². The average Bonchev–Trinajstić information content (AvgIpc) is 2.23. The van der Waals surface area contributed by atoms with Crippen LogP contribution in [-0.4, -0.2) is 13.1 Å². The largest absolute Gasteiger partial charge is 0.465 e. The third kappa shape index (κ3) is 1.90. The molecule has 0 aromatic heterocycles. The third-order valence-corrected chi connectivity index (χ3v) is 2.44.